The molecule has 1 aromatic rings. The molecule has 0 saturated heterocycles. The summed E-state index contributed by atoms with van der Waals surface area (Å²) in [6.07, 6.45) is 2.24. The molecule has 0 aliphatic heterocycles. The smallest absolute Gasteiger partial charge is 0.153 e. The minimum absolute atomic E-state index is 0.600. The first-order valence-electron chi connectivity index (χ1n) is 2.99. The van der Waals surface area contributed by atoms with Gasteiger partial charge in [0.05, 0.1) is 17.0 Å². The van der Waals surface area contributed by atoms with Gasteiger partial charge in [-0.15, -0.1) is 0 Å². The molecule has 3 heteroatoms. The van der Waals surface area contributed by atoms with E-state index in [0.29, 0.717) is 5.56 Å². The first-order chi connectivity index (χ1) is 4.75. The van der Waals surface area contributed by atoms with E-state index < -0.39 is 0 Å². The molecule has 0 unspecified atom stereocenters. The summed E-state index contributed by atoms with van der Waals surface area (Å²) in [5.41, 5.74) is 2.08. The summed E-state index contributed by atoms with van der Waals surface area (Å²) in [6, 6.07) is 0. The van der Waals surface area contributed by atoms with Crippen molar-refractivity contribution in [2.24, 2.45) is 0 Å². The first-order valence-corrected chi connectivity index (χ1v) is 2.99. The van der Waals surface area contributed by atoms with E-state index in [-0.39, 0.29) is 0 Å². The van der Waals surface area contributed by atoms with E-state index in [0.717, 1.165) is 17.7 Å². The van der Waals surface area contributed by atoms with Gasteiger partial charge in [-0.3, -0.25) is 4.79 Å². The highest BCUT2D eigenvalue weighted by molar-refractivity contribution is 5.77. The fourth-order valence-corrected chi connectivity index (χ4v) is 0.774. The van der Waals surface area contributed by atoms with Gasteiger partial charge in [-0.05, 0) is 13.8 Å². The lowest BCUT2D eigenvalue weighted by Crippen LogP contribution is -1.96. The molecule has 0 radical (unpaired) electrons. The van der Waals surface area contributed by atoms with Gasteiger partial charge in [-0.2, -0.15) is 0 Å². The molecule has 0 fully saturated rings. The minimum atomic E-state index is 0.600. The minimum Gasteiger partial charge on any atom is -0.298 e. The van der Waals surface area contributed by atoms with Crippen molar-refractivity contribution in [1.82, 2.24) is 9.97 Å². The molecule has 0 aromatic carbocycles. The van der Waals surface area contributed by atoms with Crippen LogP contribution in [0.4, 0.5) is 0 Å². The van der Waals surface area contributed by atoms with E-state index in [9.17, 15) is 4.79 Å². The van der Waals surface area contributed by atoms with E-state index in [1.165, 1.54) is 6.33 Å². The van der Waals surface area contributed by atoms with Crippen LogP contribution in [0.2, 0.25) is 0 Å². The van der Waals surface area contributed by atoms with Gasteiger partial charge in [0.2, 0.25) is 0 Å². The number of carbonyl (C=O) groups excluding carboxylic acids is 1. The molecular weight excluding hydrogens is 128 g/mol. The van der Waals surface area contributed by atoms with Gasteiger partial charge in [-0.1, -0.05) is 0 Å². The number of carbonyl (C=O) groups is 1. The molecule has 3 nitrogen and oxygen atoms in total. The van der Waals surface area contributed by atoms with Crippen LogP contribution in [0.5, 0.6) is 0 Å². The number of nitrogens with zero attached hydrogens (tertiary/aromatic N) is 2. The predicted octanol–water partition coefficient (Wildman–Crippen LogP) is 0.906. The van der Waals surface area contributed by atoms with Gasteiger partial charge < -0.3 is 0 Å². The lowest BCUT2D eigenvalue weighted by Gasteiger charge is -1.97. The Morgan fingerprint density at radius 2 is 1.80 bits per heavy atom. The zero-order valence-corrected chi connectivity index (χ0v) is 5.96. The van der Waals surface area contributed by atoms with Gasteiger partial charge in [0.25, 0.3) is 0 Å². The lowest BCUT2D eigenvalue weighted by atomic mass is 10.2. The zero-order chi connectivity index (χ0) is 7.56. The van der Waals surface area contributed by atoms with Gasteiger partial charge in [0.1, 0.15) is 6.33 Å². The number of aryl methyl sites for hydroxylation is 2. The third-order valence-electron chi connectivity index (χ3n) is 1.40. The van der Waals surface area contributed by atoms with Crippen molar-refractivity contribution in [3.8, 4) is 0 Å². The van der Waals surface area contributed by atoms with Crippen molar-refractivity contribution < 1.29 is 4.79 Å². The van der Waals surface area contributed by atoms with Crippen LogP contribution in [-0.2, 0) is 0 Å². The van der Waals surface area contributed by atoms with Crippen LogP contribution in [0.1, 0.15) is 21.7 Å². The second-order valence-corrected chi connectivity index (χ2v) is 2.08. The Balaban J connectivity index is 3.30. The van der Waals surface area contributed by atoms with E-state index in [4.69, 9.17) is 0 Å². The summed E-state index contributed by atoms with van der Waals surface area (Å²) in [7, 11) is 0. The second-order valence-electron chi connectivity index (χ2n) is 2.08. The molecule has 0 atom stereocenters. The van der Waals surface area contributed by atoms with E-state index in [1.807, 2.05) is 0 Å². The summed E-state index contributed by atoms with van der Waals surface area (Å²) in [5, 5.41) is 0. The standard InChI is InChI=1S/C7H8N2O/c1-5-7(3-10)6(2)9-4-8-5/h3-4H,1-2H3. The molecule has 0 saturated carbocycles. The maximum absolute atomic E-state index is 10.4. The van der Waals surface area contributed by atoms with Crippen LogP contribution in [0, 0.1) is 13.8 Å². The summed E-state index contributed by atoms with van der Waals surface area (Å²) in [6.45, 7) is 3.58. The third kappa shape index (κ3) is 1.03. The van der Waals surface area contributed by atoms with Crippen molar-refractivity contribution in [1.29, 1.82) is 0 Å². The summed E-state index contributed by atoms with van der Waals surface area (Å²) in [5.74, 6) is 0. The predicted molar refractivity (Wildman–Crippen MR) is 36.9 cm³/mol. The Hall–Kier alpha value is -1.25. The second kappa shape index (κ2) is 2.56. The molecule has 0 spiro atoms. The Morgan fingerprint density at radius 3 is 2.10 bits per heavy atom. The Kier molecular flexibility index (Phi) is 1.76. The highest BCUT2D eigenvalue weighted by Crippen LogP contribution is 2.02. The van der Waals surface area contributed by atoms with Crippen LogP contribution in [0.25, 0.3) is 0 Å². The molecule has 1 heterocycles. The number of aldehydes is 1. The van der Waals surface area contributed by atoms with Gasteiger partial charge in [-0.25, -0.2) is 9.97 Å². The van der Waals surface area contributed by atoms with Crippen LogP contribution < -0.4 is 0 Å². The molecule has 0 bridgehead atoms. The molecular formula is C7H8N2O. The summed E-state index contributed by atoms with van der Waals surface area (Å²) in [4.78, 5) is 18.1. The maximum Gasteiger partial charge on any atom is 0.153 e. The summed E-state index contributed by atoms with van der Waals surface area (Å²) >= 11 is 0. The fourth-order valence-electron chi connectivity index (χ4n) is 0.774. The highest BCUT2D eigenvalue weighted by atomic mass is 16.1. The normalized spacial score (nSPS) is 9.40. The van der Waals surface area contributed by atoms with Crippen LogP contribution in [0.3, 0.4) is 0 Å². The quantitative estimate of drug-likeness (QED) is 0.539. The van der Waals surface area contributed by atoms with Crippen LogP contribution in [0.15, 0.2) is 6.33 Å². The maximum atomic E-state index is 10.4. The molecule has 0 amide bonds. The molecule has 52 valence electrons. The molecule has 10 heavy (non-hydrogen) atoms. The van der Waals surface area contributed by atoms with Crippen molar-refractivity contribution in [3.05, 3.63) is 23.3 Å². The number of aromatic nitrogens is 2. The Bertz CT molecular complexity index is 238. The number of hydrogen-bond donors (Lipinski definition) is 0. The first kappa shape index (κ1) is 6.86. The molecule has 0 aliphatic rings. The molecule has 1 aromatic heterocycles. The molecule has 0 N–H and O–H groups in total. The lowest BCUT2D eigenvalue weighted by molar-refractivity contribution is 0.112. The van der Waals surface area contributed by atoms with Crippen molar-refractivity contribution in [3.63, 3.8) is 0 Å². The zero-order valence-electron chi connectivity index (χ0n) is 5.96. The van der Waals surface area contributed by atoms with E-state index >= 15 is 0 Å². The van der Waals surface area contributed by atoms with Gasteiger partial charge in [0, 0.05) is 0 Å². The van der Waals surface area contributed by atoms with E-state index in [2.05, 4.69) is 9.97 Å². The van der Waals surface area contributed by atoms with Gasteiger partial charge >= 0.3 is 0 Å². The van der Waals surface area contributed by atoms with Crippen molar-refractivity contribution in [2.45, 2.75) is 13.8 Å². The Labute approximate surface area is 59.1 Å². The average molecular weight is 136 g/mol. The van der Waals surface area contributed by atoms with E-state index in [1.54, 1.807) is 13.8 Å². The molecule has 1 rings (SSSR count). The largest absolute Gasteiger partial charge is 0.298 e. The third-order valence-corrected chi connectivity index (χ3v) is 1.40. The van der Waals surface area contributed by atoms with Gasteiger partial charge in [0.15, 0.2) is 6.29 Å². The summed E-state index contributed by atoms with van der Waals surface area (Å²) < 4.78 is 0. The Morgan fingerprint density at radius 1 is 1.30 bits per heavy atom. The molecule has 0 aliphatic carbocycles. The monoisotopic (exact) mass is 136 g/mol. The highest BCUT2D eigenvalue weighted by Gasteiger charge is 2.00. The number of rotatable bonds is 1. The SMILES string of the molecule is Cc1ncnc(C)c1C=O. The van der Waals surface area contributed by atoms with Crippen molar-refractivity contribution in [2.75, 3.05) is 0 Å². The van der Waals surface area contributed by atoms with Crippen LogP contribution >= 0.6 is 0 Å². The topological polar surface area (TPSA) is 42.9 Å². The number of hydrogen-bond acceptors (Lipinski definition) is 3. The average Bonchev–Trinajstić information content (AvgIpc) is 1.88. The van der Waals surface area contributed by atoms with Crippen LogP contribution in [-0.4, -0.2) is 16.3 Å². The van der Waals surface area contributed by atoms with Crippen molar-refractivity contribution >= 4 is 6.29 Å². The fraction of sp³-hybridized carbons (Fsp3) is 0.286.